The van der Waals surface area contributed by atoms with Crippen LogP contribution in [0.2, 0.25) is 5.02 Å². The molecule has 0 aliphatic carbocycles. The van der Waals surface area contributed by atoms with Crippen molar-refractivity contribution in [3.05, 3.63) is 45.4 Å². The van der Waals surface area contributed by atoms with E-state index >= 15 is 0 Å². The van der Waals surface area contributed by atoms with Crippen LogP contribution < -0.4 is 5.32 Å². The molecule has 0 amide bonds. The van der Waals surface area contributed by atoms with E-state index in [1.807, 2.05) is 18.2 Å². The van der Waals surface area contributed by atoms with Gasteiger partial charge in [-0.2, -0.15) is 0 Å². The van der Waals surface area contributed by atoms with Gasteiger partial charge in [0.1, 0.15) is 5.01 Å². The van der Waals surface area contributed by atoms with Crippen LogP contribution in [0, 0.1) is 0 Å². The number of thiazole rings is 1. The molecule has 0 radical (unpaired) electrons. The largest absolute Gasteiger partial charge is 0.309 e. The summed E-state index contributed by atoms with van der Waals surface area (Å²) in [6, 6.07) is 8.28. The fourth-order valence-electron chi connectivity index (χ4n) is 1.76. The van der Waals surface area contributed by atoms with E-state index in [0.29, 0.717) is 6.04 Å². The van der Waals surface area contributed by atoms with Crippen LogP contribution in [0.15, 0.2) is 34.5 Å². The minimum atomic E-state index is 0.330. The zero-order valence-corrected chi connectivity index (χ0v) is 14.1. The van der Waals surface area contributed by atoms with Gasteiger partial charge in [0.15, 0.2) is 0 Å². The molecule has 1 atom stereocenters. The van der Waals surface area contributed by atoms with Gasteiger partial charge in [0.25, 0.3) is 0 Å². The Balaban J connectivity index is 1.89. The van der Waals surface area contributed by atoms with Gasteiger partial charge in [0, 0.05) is 21.3 Å². The Morgan fingerprint density at radius 3 is 3.05 bits per heavy atom. The van der Waals surface area contributed by atoms with Crippen LogP contribution in [-0.2, 0) is 5.75 Å². The number of hydrogen-bond donors (Lipinski definition) is 1. The maximum Gasteiger partial charge on any atom is 0.103 e. The van der Waals surface area contributed by atoms with Crippen LogP contribution in [0.1, 0.15) is 37.0 Å². The summed E-state index contributed by atoms with van der Waals surface area (Å²) in [5, 5.41) is 7.56. The smallest absolute Gasteiger partial charge is 0.103 e. The molecule has 0 aliphatic heterocycles. The number of hydrogen-bond acceptors (Lipinski definition) is 4. The minimum absolute atomic E-state index is 0.330. The Kier molecular flexibility index (Phi) is 6.36. The Morgan fingerprint density at radius 1 is 1.45 bits per heavy atom. The molecule has 1 unspecified atom stereocenters. The number of nitrogens with zero attached hydrogens (tertiary/aromatic N) is 1. The summed E-state index contributed by atoms with van der Waals surface area (Å²) < 4.78 is 0. The van der Waals surface area contributed by atoms with E-state index in [1.54, 1.807) is 23.1 Å². The van der Waals surface area contributed by atoms with Crippen molar-refractivity contribution in [2.24, 2.45) is 0 Å². The van der Waals surface area contributed by atoms with Gasteiger partial charge in [0.05, 0.1) is 11.4 Å². The Labute approximate surface area is 134 Å². The van der Waals surface area contributed by atoms with Crippen molar-refractivity contribution in [2.45, 2.75) is 37.0 Å². The second-order valence-corrected chi connectivity index (χ2v) is 7.02. The quantitative estimate of drug-likeness (QED) is 0.712. The zero-order valence-electron chi connectivity index (χ0n) is 11.7. The molecule has 1 aromatic carbocycles. The summed E-state index contributed by atoms with van der Waals surface area (Å²) in [6.45, 7) is 5.37. The average molecular weight is 327 g/mol. The number of rotatable bonds is 7. The maximum atomic E-state index is 5.99. The van der Waals surface area contributed by atoms with Crippen LogP contribution in [-0.4, -0.2) is 11.5 Å². The highest BCUT2D eigenvalue weighted by Crippen LogP contribution is 2.27. The van der Waals surface area contributed by atoms with Crippen LogP contribution >= 0.6 is 34.7 Å². The van der Waals surface area contributed by atoms with Gasteiger partial charge >= 0.3 is 0 Å². The van der Waals surface area contributed by atoms with E-state index in [4.69, 9.17) is 16.6 Å². The van der Waals surface area contributed by atoms with E-state index in [1.165, 1.54) is 4.90 Å². The second-order valence-electron chi connectivity index (χ2n) is 4.59. The molecule has 2 nitrogen and oxygen atoms in total. The number of benzene rings is 1. The first-order chi connectivity index (χ1) is 9.69. The molecule has 2 rings (SSSR count). The van der Waals surface area contributed by atoms with Crippen LogP contribution in [0.4, 0.5) is 0 Å². The average Bonchev–Trinajstić information content (AvgIpc) is 2.91. The van der Waals surface area contributed by atoms with Crippen LogP contribution in [0.5, 0.6) is 0 Å². The van der Waals surface area contributed by atoms with Gasteiger partial charge in [-0.05, 0) is 38.1 Å². The molecule has 0 saturated heterocycles. The van der Waals surface area contributed by atoms with Crippen LogP contribution in [0.3, 0.4) is 0 Å². The predicted molar refractivity (Wildman–Crippen MR) is 89.8 cm³/mol. The van der Waals surface area contributed by atoms with Crippen molar-refractivity contribution in [3.8, 4) is 0 Å². The highest BCUT2D eigenvalue weighted by Gasteiger charge is 2.09. The fourth-order valence-corrected chi connectivity index (χ4v) is 3.87. The van der Waals surface area contributed by atoms with Gasteiger partial charge in [0.2, 0.25) is 0 Å². The molecule has 5 heteroatoms. The Morgan fingerprint density at radius 2 is 2.30 bits per heavy atom. The van der Waals surface area contributed by atoms with Crippen LogP contribution in [0.25, 0.3) is 0 Å². The molecule has 0 spiro atoms. The molecular weight excluding hydrogens is 308 g/mol. The standard InChI is InChI=1S/C15H19ClN2S2/c1-3-7-17-11(2)14-9-20-15(18-14)10-19-13-6-4-5-12(16)8-13/h4-6,8-9,11,17H,3,7,10H2,1-2H3. The predicted octanol–water partition coefficient (Wildman–Crippen LogP) is 5.15. The molecule has 0 fully saturated rings. The molecule has 20 heavy (non-hydrogen) atoms. The lowest BCUT2D eigenvalue weighted by Crippen LogP contribution is -2.19. The molecule has 108 valence electrons. The first-order valence-electron chi connectivity index (χ1n) is 6.75. The Hall–Kier alpha value is -0.550. The van der Waals surface area contributed by atoms with E-state index in [9.17, 15) is 0 Å². The number of halogens is 1. The summed E-state index contributed by atoms with van der Waals surface area (Å²) in [6.07, 6.45) is 1.14. The van der Waals surface area contributed by atoms with E-state index < -0.39 is 0 Å². The van der Waals surface area contributed by atoms with Crippen molar-refractivity contribution < 1.29 is 0 Å². The number of nitrogens with one attached hydrogen (secondary N) is 1. The second kappa shape index (κ2) is 8.03. The number of thioether (sulfide) groups is 1. The highest BCUT2D eigenvalue weighted by molar-refractivity contribution is 7.98. The molecule has 0 saturated carbocycles. The summed E-state index contributed by atoms with van der Waals surface area (Å²) in [5.41, 5.74) is 1.14. The molecule has 0 bridgehead atoms. The van der Waals surface area contributed by atoms with E-state index in [2.05, 4.69) is 30.6 Å². The summed E-state index contributed by atoms with van der Waals surface area (Å²) in [4.78, 5) is 5.89. The van der Waals surface area contributed by atoms with Gasteiger partial charge in [-0.1, -0.05) is 24.6 Å². The molecule has 1 heterocycles. The van der Waals surface area contributed by atoms with E-state index in [-0.39, 0.29) is 0 Å². The van der Waals surface area contributed by atoms with Crippen molar-refractivity contribution in [1.82, 2.24) is 10.3 Å². The zero-order chi connectivity index (χ0) is 14.4. The summed E-state index contributed by atoms with van der Waals surface area (Å²) in [7, 11) is 0. The van der Waals surface area contributed by atoms with Gasteiger partial charge in [-0.25, -0.2) is 4.98 Å². The lowest BCUT2D eigenvalue weighted by Gasteiger charge is -2.09. The third-order valence-electron chi connectivity index (χ3n) is 2.87. The van der Waals surface area contributed by atoms with Crippen molar-refractivity contribution >= 4 is 34.7 Å². The molecule has 0 aliphatic rings. The van der Waals surface area contributed by atoms with Crippen molar-refractivity contribution in [2.75, 3.05) is 6.54 Å². The van der Waals surface area contributed by atoms with Gasteiger partial charge < -0.3 is 5.32 Å². The van der Waals surface area contributed by atoms with E-state index in [0.717, 1.165) is 34.4 Å². The fraction of sp³-hybridized carbons (Fsp3) is 0.400. The third kappa shape index (κ3) is 4.77. The summed E-state index contributed by atoms with van der Waals surface area (Å²) in [5.74, 6) is 0.894. The SMILES string of the molecule is CCCNC(C)c1csc(CSc2cccc(Cl)c2)n1. The first kappa shape index (κ1) is 15.8. The lowest BCUT2D eigenvalue weighted by molar-refractivity contribution is 0.560. The van der Waals surface area contributed by atoms with Crippen molar-refractivity contribution in [3.63, 3.8) is 0 Å². The van der Waals surface area contributed by atoms with Gasteiger partial charge in [-0.3, -0.25) is 0 Å². The normalized spacial score (nSPS) is 12.6. The first-order valence-corrected chi connectivity index (χ1v) is 8.99. The topological polar surface area (TPSA) is 24.9 Å². The molecule has 2 aromatic rings. The highest BCUT2D eigenvalue weighted by atomic mass is 35.5. The maximum absolute atomic E-state index is 5.99. The number of aromatic nitrogens is 1. The molecule has 1 N–H and O–H groups in total. The molecule has 1 aromatic heterocycles. The third-order valence-corrected chi connectivity index (χ3v) is 5.16. The van der Waals surface area contributed by atoms with Crippen molar-refractivity contribution in [1.29, 1.82) is 0 Å². The minimum Gasteiger partial charge on any atom is -0.309 e. The summed E-state index contributed by atoms with van der Waals surface area (Å²) >= 11 is 9.49. The molecular formula is C15H19ClN2S2. The Bertz CT molecular complexity index is 542. The monoisotopic (exact) mass is 326 g/mol. The van der Waals surface area contributed by atoms with Gasteiger partial charge in [-0.15, -0.1) is 23.1 Å². The lowest BCUT2D eigenvalue weighted by atomic mass is 10.2.